The molecule has 0 aliphatic rings. The minimum atomic E-state index is -0.396. The lowest BCUT2D eigenvalue weighted by Crippen LogP contribution is -2.07. The van der Waals surface area contributed by atoms with Crippen molar-refractivity contribution in [2.45, 2.75) is 12.8 Å². The molecule has 0 heterocycles. The van der Waals surface area contributed by atoms with Crippen molar-refractivity contribution in [2.24, 2.45) is 0 Å². The molecule has 4 heteroatoms. The molecule has 19 heavy (non-hydrogen) atoms. The van der Waals surface area contributed by atoms with Crippen molar-refractivity contribution >= 4 is 33.3 Å². The Balaban J connectivity index is 2.08. The first-order chi connectivity index (χ1) is 9.06. The molecule has 0 spiro atoms. The van der Waals surface area contributed by atoms with Gasteiger partial charge in [-0.15, -0.1) is 0 Å². The second-order valence-corrected chi connectivity index (χ2v) is 5.48. The Labute approximate surface area is 124 Å². The van der Waals surface area contributed by atoms with Gasteiger partial charge in [0.15, 0.2) is 0 Å². The number of hydrogen-bond acceptors (Lipinski definition) is 1. The van der Waals surface area contributed by atoms with Crippen LogP contribution < -0.4 is 0 Å². The van der Waals surface area contributed by atoms with Crippen molar-refractivity contribution in [1.29, 1.82) is 0 Å². The van der Waals surface area contributed by atoms with Gasteiger partial charge in [-0.05, 0) is 29.3 Å². The molecule has 0 aromatic heterocycles. The van der Waals surface area contributed by atoms with Crippen LogP contribution in [0.15, 0.2) is 46.9 Å². The van der Waals surface area contributed by atoms with E-state index in [1.807, 2.05) is 24.3 Å². The van der Waals surface area contributed by atoms with Gasteiger partial charge in [0.1, 0.15) is 11.6 Å². The number of benzene rings is 2. The molecule has 2 rings (SSSR count). The number of halogens is 3. The van der Waals surface area contributed by atoms with Gasteiger partial charge in [0, 0.05) is 22.3 Å². The quantitative estimate of drug-likeness (QED) is 0.794. The maximum Gasteiger partial charge on any atom is 0.141 e. The topological polar surface area (TPSA) is 17.1 Å². The van der Waals surface area contributed by atoms with E-state index in [2.05, 4.69) is 15.9 Å². The number of carbonyl (C=O) groups is 1. The van der Waals surface area contributed by atoms with Crippen LogP contribution in [-0.4, -0.2) is 5.78 Å². The highest BCUT2D eigenvalue weighted by molar-refractivity contribution is 9.10. The molecule has 0 unspecified atom stereocenters. The van der Waals surface area contributed by atoms with Gasteiger partial charge in [0.2, 0.25) is 0 Å². The molecular weight excluding hydrogens is 331 g/mol. The van der Waals surface area contributed by atoms with E-state index in [0.29, 0.717) is 17.0 Å². The van der Waals surface area contributed by atoms with Crippen molar-refractivity contribution in [2.75, 3.05) is 0 Å². The van der Waals surface area contributed by atoms with E-state index in [-0.39, 0.29) is 12.2 Å². The van der Waals surface area contributed by atoms with Crippen molar-refractivity contribution in [3.63, 3.8) is 0 Å². The van der Waals surface area contributed by atoms with Gasteiger partial charge < -0.3 is 0 Å². The highest BCUT2D eigenvalue weighted by atomic mass is 79.9. The number of ketones is 1. The van der Waals surface area contributed by atoms with Gasteiger partial charge in [-0.3, -0.25) is 4.79 Å². The molecule has 0 saturated carbocycles. The highest BCUT2D eigenvalue weighted by Crippen LogP contribution is 2.20. The smallest absolute Gasteiger partial charge is 0.141 e. The maximum atomic E-state index is 12.9. The summed E-state index contributed by atoms with van der Waals surface area (Å²) in [6.07, 6.45) is 0.537. The second-order valence-electron chi connectivity index (χ2n) is 4.22. The molecule has 0 radical (unpaired) electrons. The first kappa shape index (κ1) is 14.2. The summed E-state index contributed by atoms with van der Waals surface area (Å²) in [5.41, 5.74) is 1.59. The summed E-state index contributed by atoms with van der Waals surface area (Å²) in [5.74, 6) is -0.354. The summed E-state index contributed by atoms with van der Waals surface area (Å²) in [6, 6.07) is 11.7. The van der Waals surface area contributed by atoms with Gasteiger partial charge in [-0.1, -0.05) is 51.8 Å². The summed E-state index contributed by atoms with van der Waals surface area (Å²) >= 11 is 9.31. The zero-order valence-corrected chi connectivity index (χ0v) is 12.3. The minimum absolute atomic E-state index is 0.0420. The molecule has 0 fully saturated rings. The van der Waals surface area contributed by atoms with E-state index in [1.54, 1.807) is 6.07 Å². The number of Topliss-reactive ketones (excluding diaryl/α,β-unsaturated/α-hetero) is 1. The van der Waals surface area contributed by atoms with E-state index in [4.69, 9.17) is 11.6 Å². The van der Waals surface area contributed by atoms with Crippen LogP contribution in [0.1, 0.15) is 11.1 Å². The zero-order valence-electron chi connectivity index (χ0n) is 10.00. The molecule has 2 aromatic carbocycles. The number of rotatable bonds is 4. The summed E-state index contributed by atoms with van der Waals surface area (Å²) < 4.78 is 13.8. The van der Waals surface area contributed by atoms with Crippen LogP contribution in [0.3, 0.4) is 0 Å². The Bertz CT molecular complexity index is 613. The molecule has 0 bridgehead atoms. The predicted octanol–water partition coefficient (Wildman–Crippen LogP) is 4.60. The van der Waals surface area contributed by atoms with E-state index in [9.17, 15) is 9.18 Å². The van der Waals surface area contributed by atoms with E-state index in [0.717, 1.165) is 10.0 Å². The van der Waals surface area contributed by atoms with E-state index < -0.39 is 5.82 Å². The first-order valence-electron chi connectivity index (χ1n) is 5.75. The standard InChI is InChI=1S/C15H11BrClFO/c16-14-4-2-1-3-10(14)7-13(19)8-11-5-6-12(18)9-15(11)17/h1-6,9H,7-8H2. The van der Waals surface area contributed by atoms with E-state index in [1.165, 1.54) is 12.1 Å². The molecule has 0 amide bonds. The fourth-order valence-electron chi connectivity index (χ4n) is 1.79. The van der Waals surface area contributed by atoms with Crippen LogP contribution in [0.25, 0.3) is 0 Å². The Morgan fingerprint density at radius 2 is 1.79 bits per heavy atom. The lowest BCUT2D eigenvalue weighted by Gasteiger charge is -2.05. The molecule has 0 N–H and O–H groups in total. The van der Waals surface area contributed by atoms with Gasteiger partial charge in [0.25, 0.3) is 0 Å². The van der Waals surface area contributed by atoms with Crippen LogP contribution in [0.2, 0.25) is 5.02 Å². The summed E-state index contributed by atoms with van der Waals surface area (Å²) in [5, 5.41) is 0.292. The maximum absolute atomic E-state index is 12.9. The van der Waals surface area contributed by atoms with Crippen LogP contribution in [0, 0.1) is 5.82 Å². The van der Waals surface area contributed by atoms with Crippen molar-refractivity contribution in [3.05, 3.63) is 68.9 Å². The van der Waals surface area contributed by atoms with Crippen LogP contribution in [0.4, 0.5) is 4.39 Å². The summed E-state index contributed by atoms with van der Waals surface area (Å²) in [4.78, 5) is 12.0. The Morgan fingerprint density at radius 3 is 2.47 bits per heavy atom. The van der Waals surface area contributed by atoms with Crippen molar-refractivity contribution in [3.8, 4) is 0 Å². The van der Waals surface area contributed by atoms with E-state index >= 15 is 0 Å². The monoisotopic (exact) mass is 340 g/mol. The third kappa shape index (κ3) is 3.88. The van der Waals surface area contributed by atoms with Crippen molar-refractivity contribution < 1.29 is 9.18 Å². The molecule has 0 saturated heterocycles. The second kappa shape index (κ2) is 6.31. The third-order valence-corrected chi connectivity index (χ3v) is 3.87. The molecule has 0 aliphatic carbocycles. The molecule has 0 atom stereocenters. The van der Waals surface area contributed by atoms with Crippen LogP contribution in [-0.2, 0) is 17.6 Å². The van der Waals surface area contributed by atoms with Crippen LogP contribution >= 0.6 is 27.5 Å². The average Bonchev–Trinajstić information content (AvgIpc) is 2.36. The van der Waals surface area contributed by atoms with Crippen LogP contribution in [0.5, 0.6) is 0 Å². The lowest BCUT2D eigenvalue weighted by molar-refractivity contribution is -0.117. The predicted molar refractivity (Wildman–Crippen MR) is 78.0 cm³/mol. The lowest BCUT2D eigenvalue weighted by atomic mass is 10.0. The fourth-order valence-corrected chi connectivity index (χ4v) is 2.45. The minimum Gasteiger partial charge on any atom is -0.299 e. The van der Waals surface area contributed by atoms with Gasteiger partial charge in [-0.2, -0.15) is 0 Å². The van der Waals surface area contributed by atoms with Gasteiger partial charge >= 0.3 is 0 Å². The molecular formula is C15H11BrClFO. The summed E-state index contributed by atoms with van der Waals surface area (Å²) in [7, 11) is 0. The third-order valence-electron chi connectivity index (χ3n) is 2.75. The normalized spacial score (nSPS) is 10.5. The highest BCUT2D eigenvalue weighted by Gasteiger charge is 2.10. The van der Waals surface area contributed by atoms with Crippen molar-refractivity contribution in [1.82, 2.24) is 0 Å². The molecule has 0 aliphatic heterocycles. The summed E-state index contributed by atoms with van der Waals surface area (Å²) in [6.45, 7) is 0. The van der Waals surface area contributed by atoms with Gasteiger partial charge in [-0.25, -0.2) is 4.39 Å². The Morgan fingerprint density at radius 1 is 1.11 bits per heavy atom. The molecule has 2 aromatic rings. The first-order valence-corrected chi connectivity index (χ1v) is 6.92. The van der Waals surface area contributed by atoms with Gasteiger partial charge in [0.05, 0.1) is 0 Å². The Hall–Kier alpha value is -1.19. The average molecular weight is 342 g/mol. The fraction of sp³-hybridized carbons (Fsp3) is 0.133. The number of hydrogen-bond donors (Lipinski definition) is 0. The molecule has 1 nitrogen and oxygen atoms in total. The number of carbonyl (C=O) groups excluding carboxylic acids is 1. The zero-order chi connectivity index (χ0) is 13.8. The Kier molecular flexibility index (Phi) is 4.72. The molecule has 98 valence electrons. The largest absolute Gasteiger partial charge is 0.299 e. The SMILES string of the molecule is O=C(Cc1ccc(F)cc1Cl)Cc1ccccc1Br.